The lowest BCUT2D eigenvalue weighted by molar-refractivity contribution is -0.191. The molecule has 0 bridgehead atoms. The van der Waals surface area contributed by atoms with Crippen molar-refractivity contribution >= 4 is 12.1 Å². The Labute approximate surface area is 169 Å². The molecule has 0 unspecified atom stereocenters. The van der Waals surface area contributed by atoms with Gasteiger partial charge in [0, 0.05) is 25.2 Å². The summed E-state index contributed by atoms with van der Waals surface area (Å²) in [6.45, 7) is 16.5. The van der Waals surface area contributed by atoms with E-state index < -0.39 is 0 Å². The van der Waals surface area contributed by atoms with Crippen LogP contribution in [0.5, 0.6) is 0 Å². The third kappa shape index (κ3) is 9.12. The van der Waals surface area contributed by atoms with Gasteiger partial charge in [-0.25, -0.2) is 4.79 Å². The molecule has 156 valence electrons. The molecular formula is C23H35NO4. The Kier molecular flexibility index (Phi) is 12.8. The van der Waals surface area contributed by atoms with Gasteiger partial charge in [0.1, 0.15) is 0 Å². The number of carbonyl (C=O) groups is 1. The Hall–Kier alpha value is -2.23. The lowest BCUT2D eigenvalue weighted by atomic mass is 9.79. The van der Waals surface area contributed by atoms with E-state index in [4.69, 9.17) is 9.59 Å². The summed E-state index contributed by atoms with van der Waals surface area (Å²) in [5.41, 5.74) is 2.63. The Morgan fingerprint density at radius 1 is 1.29 bits per heavy atom. The van der Waals surface area contributed by atoms with Crippen molar-refractivity contribution in [3.8, 4) is 0 Å². The average molecular weight is 390 g/mol. The maximum Gasteiger partial charge on any atom is 0.373 e. The maximum absolute atomic E-state index is 10.7. The number of ether oxygens (including phenoxy) is 1. The van der Waals surface area contributed by atoms with Gasteiger partial charge in [-0.15, -0.1) is 0 Å². The number of rotatable bonds is 5. The van der Waals surface area contributed by atoms with Crippen LogP contribution in [0.3, 0.4) is 0 Å². The molecule has 1 aliphatic heterocycles. The van der Waals surface area contributed by atoms with Gasteiger partial charge >= 0.3 is 12.1 Å². The fourth-order valence-corrected chi connectivity index (χ4v) is 3.12. The van der Waals surface area contributed by atoms with Crippen LogP contribution in [0.15, 0.2) is 42.0 Å². The van der Waals surface area contributed by atoms with E-state index in [1.165, 1.54) is 25.1 Å². The molecule has 1 aromatic rings. The normalized spacial score (nSPS) is 21.5. The molecule has 1 saturated heterocycles. The van der Waals surface area contributed by atoms with Crippen LogP contribution in [0.4, 0.5) is 0 Å². The number of benzene rings is 1. The zero-order valence-corrected chi connectivity index (χ0v) is 18.2. The molecule has 5 nitrogen and oxygen atoms in total. The lowest BCUT2D eigenvalue weighted by Gasteiger charge is -2.26. The van der Waals surface area contributed by atoms with Crippen molar-refractivity contribution in [2.75, 3.05) is 19.7 Å². The van der Waals surface area contributed by atoms with Crippen LogP contribution in [0.25, 0.3) is 0 Å². The second-order valence-corrected chi connectivity index (χ2v) is 7.34. The number of hydrogen-bond acceptors (Lipinski definition) is 5. The predicted molar refractivity (Wildman–Crippen MR) is 110 cm³/mol. The number of nitrogens with zero attached hydrogens (tertiary/aromatic N) is 1. The standard InChI is InChI=1S/C15H23N.C7H12O2.CO2/c1-4-15(3)12-16(10-13(15)2)11-14-8-6-5-7-9-14;1-4-6(3)7(8)9-5-2;2-1-3/h5-9,13H,4,10-12H2,1-3H3;4H,5H2,1-3H3;/b;6-4+;/t13-,15-;;/m1../s1. The number of allylic oxidation sites excluding steroid dienone is 1. The van der Waals surface area contributed by atoms with E-state index in [2.05, 4.69) is 60.7 Å². The van der Waals surface area contributed by atoms with Gasteiger partial charge in [0.25, 0.3) is 0 Å². The summed E-state index contributed by atoms with van der Waals surface area (Å²) >= 11 is 0. The van der Waals surface area contributed by atoms with E-state index in [0.717, 1.165) is 12.5 Å². The molecule has 0 amide bonds. The first kappa shape index (κ1) is 25.8. The highest BCUT2D eigenvalue weighted by atomic mass is 16.5. The van der Waals surface area contributed by atoms with E-state index in [0.29, 0.717) is 17.6 Å². The third-order valence-corrected chi connectivity index (χ3v) is 5.39. The summed E-state index contributed by atoms with van der Waals surface area (Å²) in [5, 5.41) is 0. The number of likely N-dealkylation sites (tertiary alicyclic amines) is 1. The maximum atomic E-state index is 10.7. The van der Waals surface area contributed by atoms with E-state index in [1.54, 1.807) is 19.9 Å². The van der Waals surface area contributed by atoms with Gasteiger partial charge in [0.05, 0.1) is 6.61 Å². The summed E-state index contributed by atoms with van der Waals surface area (Å²) in [7, 11) is 0. The number of esters is 1. The largest absolute Gasteiger partial charge is 0.463 e. The highest BCUT2D eigenvalue weighted by Gasteiger charge is 2.38. The first-order chi connectivity index (χ1) is 13.3. The van der Waals surface area contributed by atoms with Crippen LogP contribution in [0, 0.1) is 11.3 Å². The second-order valence-electron chi connectivity index (χ2n) is 7.34. The van der Waals surface area contributed by atoms with Crippen molar-refractivity contribution in [1.82, 2.24) is 4.90 Å². The Bertz CT molecular complexity index is 635. The molecule has 0 spiro atoms. The monoisotopic (exact) mass is 389 g/mol. The van der Waals surface area contributed by atoms with Crippen LogP contribution in [0.1, 0.15) is 53.5 Å². The minimum Gasteiger partial charge on any atom is -0.463 e. The number of carbonyl (C=O) groups excluding carboxylic acids is 3. The van der Waals surface area contributed by atoms with Crippen molar-refractivity contribution in [2.45, 2.75) is 54.5 Å². The van der Waals surface area contributed by atoms with Crippen molar-refractivity contribution in [3.63, 3.8) is 0 Å². The van der Waals surface area contributed by atoms with Crippen LogP contribution < -0.4 is 0 Å². The summed E-state index contributed by atoms with van der Waals surface area (Å²) in [6, 6.07) is 10.8. The molecule has 0 N–H and O–H groups in total. The zero-order valence-electron chi connectivity index (χ0n) is 18.2. The Morgan fingerprint density at radius 2 is 1.86 bits per heavy atom. The minimum absolute atomic E-state index is 0.222. The van der Waals surface area contributed by atoms with Gasteiger partial charge in [-0.3, -0.25) is 4.90 Å². The fourth-order valence-electron chi connectivity index (χ4n) is 3.12. The van der Waals surface area contributed by atoms with Crippen molar-refractivity contribution in [1.29, 1.82) is 0 Å². The quantitative estimate of drug-likeness (QED) is 0.548. The fraction of sp³-hybridized carbons (Fsp3) is 0.565. The topological polar surface area (TPSA) is 63.7 Å². The molecule has 1 fully saturated rings. The van der Waals surface area contributed by atoms with Crippen LogP contribution in [-0.2, 0) is 25.7 Å². The summed E-state index contributed by atoms with van der Waals surface area (Å²) in [5.74, 6) is 0.598. The summed E-state index contributed by atoms with van der Waals surface area (Å²) in [4.78, 5) is 29.5. The second kappa shape index (κ2) is 13.9. The minimum atomic E-state index is -0.222. The first-order valence-corrected chi connectivity index (χ1v) is 9.83. The molecule has 0 radical (unpaired) electrons. The summed E-state index contributed by atoms with van der Waals surface area (Å²) in [6.07, 6.45) is 3.28. The molecular weight excluding hydrogens is 354 g/mol. The average Bonchev–Trinajstić information content (AvgIpc) is 2.97. The van der Waals surface area contributed by atoms with E-state index in [1.807, 2.05) is 6.92 Å². The molecule has 2 atom stereocenters. The Morgan fingerprint density at radius 3 is 2.29 bits per heavy atom. The van der Waals surface area contributed by atoms with Gasteiger partial charge in [-0.2, -0.15) is 9.59 Å². The van der Waals surface area contributed by atoms with Gasteiger partial charge in [-0.05, 0) is 44.1 Å². The molecule has 5 heteroatoms. The van der Waals surface area contributed by atoms with Crippen LogP contribution in [0.2, 0.25) is 0 Å². The zero-order chi connectivity index (χ0) is 21.6. The molecule has 2 rings (SSSR count). The van der Waals surface area contributed by atoms with Gasteiger partial charge in [0.2, 0.25) is 0 Å². The lowest BCUT2D eigenvalue weighted by Crippen LogP contribution is -2.25. The molecule has 1 aromatic carbocycles. The van der Waals surface area contributed by atoms with Gasteiger partial charge in [-0.1, -0.05) is 57.2 Å². The van der Waals surface area contributed by atoms with Crippen LogP contribution in [-0.4, -0.2) is 36.7 Å². The Balaban J connectivity index is 0.000000518. The van der Waals surface area contributed by atoms with Crippen molar-refractivity contribution in [3.05, 3.63) is 47.5 Å². The SMILES string of the molecule is C/C=C(\C)C(=O)OCC.CC[C@]1(C)CN(Cc2ccccc2)C[C@H]1C.O=C=O. The summed E-state index contributed by atoms with van der Waals surface area (Å²) < 4.78 is 4.69. The van der Waals surface area contributed by atoms with Crippen LogP contribution >= 0.6 is 0 Å². The first-order valence-electron chi connectivity index (χ1n) is 9.83. The molecule has 0 saturated carbocycles. The molecule has 28 heavy (non-hydrogen) atoms. The highest BCUT2D eigenvalue weighted by molar-refractivity contribution is 5.87. The number of hydrogen-bond donors (Lipinski definition) is 0. The molecule has 0 aliphatic carbocycles. The van der Waals surface area contributed by atoms with E-state index in [9.17, 15) is 4.79 Å². The molecule has 1 heterocycles. The third-order valence-electron chi connectivity index (χ3n) is 5.39. The van der Waals surface area contributed by atoms with Crippen molar-refractivity contribution in [2.24, 2.45) is 11.3 Å². The van der Waals surface area contributed by atoms with E-state index >= 15 is 0 Å². The molecule has 0 aromatic heterocycles. The van der Waals surface area contributed by atoms with Gasteiger partial charge in [0.15, 0.2) is 0 Å². The van der Waals surface area contributed by atoms with Crippen molar-refractivity contribution < 1.29 is 19.1 Å². The van der Waals surface area contributed by atoms with Gasteiger partial charge < -0.3 is 4.74 Å². The van der Waals surface area contributed by atoms with E-state index in [-0.39, 0.29) is 12.1 Å². The highest BCUT2D eigenvalue weighted by Crippen LogP contribution is 2.38. The molecule has 1 aliphatic rings. The predicted octanol–water partition coefficient (Wildman–Crippen LogP) is 4.49. The smallest absolute Gasteiger partial charge is 0.373 e.